The van der Waals surface area contributed by atoms with Gasteiger partial charge >= 0.3 is 0 Å². The summed E-state index contributed by atoms with van der Waals surface area (Å²) < 4.78 is 0. The smallest absolute Gasteiger partial charge is 0.139 e. The van der Waals surface area contributed by atoms with Crippen LogP contribution in [0.25, 0.3) is 0 Å². The Bertz CT molecular complexity index is 181. The molecule has 2 atom stereocenters. The van der Waals surface area contributed by atoms with Gasteiger partial charge in [-0.3, -0.25) is 4.79 Å². The van der Waals surface area contributed by atoms with Crippen LogP contribution in [0, 0.1) is 11.8 Å². The highest BCUT2D eigenvalue weighted by Crippen LogP contribution is 2.25. The van der Waals surface area contributed by atoms with Gasteiger partial charge in [-0.1, -0.05) is 26.0 Å². The topological polar surface area (TPSA) is 17.1 Å². The normalized spacial score (nSPS) is 28.8. The first-order valence-electron chi connectivity index (χ1n) is 4.99. The van der Waals surface area contributed by atoms with E-state index in [1.807, 2.05) is 6.92 Å². The lowest BCUT2D eigenvalue weighted by Gasteiger charge is -2.20. The first-order chi connectivity index (χ1) is 5.77. The SMILES string of the molecule is CCC(=O)C1C=CC(CC)CC1. The molecule has 68 valence electrons. The van der Waals surface area contributed by atoms with Crippen molar-refractivity contribution in [3.63, 3.8) is 0 Å². The zero-order valence-corrected chi connectivity index (χ0v) is 8.05. The summed E-state index contributed by atoms with van der Waals surface area (Å²) in [5, 5.41) is 0. The van der Waals surface area contributed by atoms with Crippen molar-refractivity contribution in [2.75, 3.05) is 0 Å². The van der Waals surface area contributed by atoms with Gasteiger partial charge in [0.15, 0.2) is 0 Å². The van der Waals surface area contributed by atoms with E-state index in [1.54, 1.807) is 0 Å². The van der Waals surface area contributed by atoms with Gasteiger partial charge in [-0.15, -0.1) is 0 Å². The number of carbonyl (C=O) groups is 1. The molecule has 0 amide bonds. The Hall–Kier alpha value is -0.590. The predicted octanol–water partition coefficient (Wildman–Crippen LogP) is 2.96. The zero-order chi connectivity index (χ0) is 8.97. The fourth-order valence-corrected chi connectivity index (χ4v) is 1.75. The van der Waals surface area contributed by atoms with Gasteiger partial charge in [0.2, 0.25) is 0 Å². The maximum Gasteiger partial charge on any atom is 0.139 e. The molecule has 1 aliphatic carbocycles. The van der Waals surface area contributed by atoms with Crippen LogP contribution in [0.3, 0.4) is 0 Å². The number of allylic oxidation sites excluding steroid dienone is 2. The van der Waals surface area contributed by atoms with Crippen molar-refractivity contribution in [2.45, 2.75) is 39.5 Å². The molecule has 1 rings (SSSR count). The van der Waals surface area contributed by atoms with E-state index in [4.69, 9.17) is 0 Å². The fraction of sp³-hybridized carbons (Fsp3) is 0.727. The van der Waals surface area contributed by atoms with Gasteiger partial charge < -0.3 is 0 Å². The summed E-state index contributed by atoms with van der Waals surface area (Å²) in [5.41, 5.74) is 0. The van der Waals surface area contributed by atoms with Gasteiger partial charge in [0, 0.05) is 12.3 Å². The van der Waals surface area contributed by atoms with Crippen molar-refractivity contribution < 1.29 is 4.79 Å². The molecular weight excluding hydrogens is 148 g/mol. The van der Waals surface area contributed by atoms with Crippen molar-refractivity contribution in [2.24, 2.45) is 11.8 Å². The highest BCUT2D eigenvalue weighted by molar-refractivity contribution is 5.82. The van der Waals surface area contributed by atoms with Gasteiger partial charge in [-0.2, -0.15) is 0 Å². The molecule has 0 saturated carbocycles. The maximum absolute atomic E-state index is 11.3. The van der Waals surface area contributed by atoms with E-state index in [0.29, 0.717) is 12.2 Å². The molecule has 2 unspecified atom stereocenters. The van der Waals surface area contributed by atoms with Crippen molar-refractivity contribution >= 4 is 5.78 Å². The predicted molar refractivity (Wildman–Crippen MR) is 50.9 cm³/mol. The molecule has 0 heterocycles. The summed E-state index contributed by atoms with van der Waals surface area (Å²) in [5.74, 6) is 1.37. The van der Waals surface area contributed by atoms with E-state index in [1.165, 1.54) is 12.8 Å². The Morgan fingerprint density at radius 3 is 2.50 bits per heavy atom. The molecule has 0 aliphatic heterocycles. The summed E-state index contributed by atoms with van der Waals surface area (Å²) in [6, 6.07) is 0. The van der Waals surface area contributed by atoms with Crippen LogP contribution >= 0.6 is 0 Å². The second-order valence-corrected chi connectivity index (χ2v) is 3.56. The molecule has 1 nitrogen and oxygen atoms in total. The maximum atomic E-state index is 11.3. The van der Waals surface area contributed by atoms with E-state index < -0.39 is 0 Å². The van der Waals surface area contributed by atoms with Gasteiger partial charge in [0.25, 0.3) is 0 Å². The standard InChI is InChI=1S/C11H18O/c1-3-9-5-7-10(8-6-9)11(12)4-2/h5,7,9-10H,3-4,6,8H2,1-2H3. The number of carbonyl (C=O) groups excluding carboxylic acids is 1. The van der Waals surface area contributed by atoms with E-state index in [-0.39, 0.29) is 5.92 Å². The largest absolute Gasteiger partial charge is 0.299 e. The third-order valence-corrected chi connectivity index (χ3v) is 2.75. The minimum absolute atomic E-state index is 0.234. The molecule has 0 saturated heterocycles. The Morgan fingerprint density at radius 1 is 1.33 bits per heavy atom. The van der Waals surface area contributed by atoms with E-state index >= 15 is 0 Å². The number of hydrogen-bond donors (Lipinski definition) is 0. The molecule has 0 aromatic rings. The summed E-state index contributed by atoms with van der Waals surface area (Å²) >= 11 is 0. The average molecular weight is 166 g/mol. The van der Waals surface area contributed by atoms with Crippen LogP contribution < -0.4 is 0 Å². The van der Waals surface area contributed by atoms with Gasteiger partial charge in [-0.25, -0.2) is 0 Å². The van der Waals surface area contributed by atoms with Crippen molar-refractivity contribution in [3.8, 4) is 0 Å². The van der Waals surface area contributed by atoms with E-state index in [2.05, 4.69) is 19.1 Å². The molecule has 0 aromatic carbocycles. The molecule has 0 radical (unpaired) electrons. The third-order valence-electron chi connectivity index (χ3n) is 2.75. The Kier molecular flexibility index (Phi) is 3.51. The number of ketones is 1. The lowest BCUT2D eigenvalue weighted by Crippen LogP contribution is -2.16. The van der Waals surface area contributed by atoms with E-state index in [0.717, 1.165) is 12.3 Å². The van der Waals surface area contributed by atoms with Crippen molar-refractivity contribution in [1.29, 1.82) is 0 Å². The number of hydrogen-bond acceptors (Lipinski definition) is 1. The average Bonchev–Trinajstić information content (AvgIpc) is 2.17. The molecule has 0 fully saturated rings. The Morgan fingerprint density at radius 2 is 2.08 bits per heavy atom. The monoisotopic (exact) mass is 166 g/mol. The molecule has 0 bridgehead atoms. The molecule has 0 aromatic heterocycles. The van der Waals surface area contributed by atoms with Crippen molar-refractivity contribution in [3.05, 3.63) is 12.2 Å². The van der Waals surface area contributed by atoms with Crippen LogP contribution in [0.4, 0.5) is 0 Å². The minimum atomic E-state index is 0.234. The van der Waals surface area contributed by atoms with Crippen LogP contribution in [0.5, 0.6) is 0 Å². The van der Waals surface area contributed by atoms with Crippen LogP contribution in [0.15, 0.2) is 12.2 Å². The van der Waals surface area contributed by atoms with Crippen LogP contribution in [-0.4, -0.2) is 5.78 Å². The minimum Gasteiger partial charge on any atom is -0.299 e. The number of rotatable bonds is 3. The summed E-state index contributed by atoms with van der Waals surface area (Å²) in [7, 11) is 0. The van der Waals surface area contributed by atoms with Gasteiger partial charge in [-0.05, 0) is 25.2 Å². The van der Waals surface area contributed by atoms with E-state index in [9.17, 15) is 4.79 Å². The summed E-state index contributed by atoms with van der Waals surface area (Å²) in [6.07, 6.45) is 8.51. The molecule has 0 spiro atoms. The first-order valence-corrected chi connectivity index (χ1v) is 4.99. The second-order valence-electron chi connectivity index (χ2n) is 3.56. The Balaban J connectivity index is 2.47. The quantitative estimate of drug-likeness (QED) is 0.589. The van der Waals surface area contributed by atoms with Crippen LogP contribution in [-0.2, 0) is 4.79 Å². The van der Waals surface area contributed by atoms with Gasteiger partial charge in [0.05, 0.1) is 0 Å². The fourth-order valence-electron chi connectivity index (χ4n) is 1.75. The Labute approximate surface area is 74.9 Å². The third kappa shape index (κ3) is 2.20. The summed E-state index contributed by atoms with van der Waals surface area (Å²) in [4.78, 5) is 11.3. The van der Waals surface area contributed by atoms with Crippen LogP contribution in [0.2, 0.25) is 0 Å². The molecular formula is C11H18O. The summed E-state index contributed by atoms with van der Waals surface area (Å²) in [6.45, 7) is 4.15. The molecule has 1 heteroatoms. The molecule has 1 aliphatic rings. The van der Waals surface area contributed by atoms with Crippen molar-refractivity contribution in [1.82, 2.24) is 0 Å². The first kappa shape index (κ1) is 9.50. The lowest BCUT2D eigenvalue weighted by atomic mass is 9.84. The number of Topliss-reactive ketones (excluding diaryl/α,β-unsaturated/α-hetero) is 1. The highest BCUT2D eigenvalue weighted by Gasteiger charge is 2.18. The highest BCUT2D eigenvalue weighted by atomic mass is 16.1. The van der Waals surface area contributed by atoms with Gasteiger partial charge in [0.1, 0.15) is 5.78 Å². The second kappa shape index (κ2) is 4.44. The van der Waals surface area contributed by atoms with Crippen LogP contribution in [0.1, 0.15) is 39.5 Å². The molecule has 12 heavy (non-hydrogen) atoms. The lowest BCUT2D eigenvalue weighted by molar-refractivity contribution is -0.121. The zero-order valence-electron chi connectivity index (χ0n) is 8.05. The molecule has 0 N–H and O–H groups in total.